The van der Waals surface area contributed by atoms with Crippen LogP contribution in [-0.4, -0.2) is 11.9 Å². The van der Waals surface area contributed by atoms with E-state index in [9.17, 15) is 3.09 Å². The van der Waals surface area contributed by atoms with Gasteiger partial charge in [0.25, 0.3) is 0 Å². The molecule has 0 N–H and O–H groups in total. The molecule has 0 spiro atoms. The predicted molar refractivity (Wildman–Crippen MR) is 75.0 cm³/mol. The topological polar surface area (TPSA) is 18.5 Å². The molecule has 104 valence electrons. The molecule has 0 aromatic heterocycles. The minimum atomic E-state index is -3.06. The van der Waals surface area contributed by atoms with Gasteiger partial charge in [0.2, 0.25) is 0 Å². The Morgan fingerprint density at radius 2 is 1.61 bits per heavy atom. The van der Waals surface area contributed by atoms with Crippen molar-refractivity contribution in [1.29, 1.82) is 0 Å². The van der Waals surface area contributed by atoms with Gasteiger partial charge in [-0.2, -0.15) is 0 Å². The summed E-state index contributed by atoms with van der Waals surface area (Å²) in [5, 5.41) is 0. The van der Waals surface area contributed by atoms with E-state index in [1.807, 2.05) is 12.1 Å². The summed E-state index contributed by atoms with van der Waals surface area (Å²) in [5.74, 6) is 1.19. The fraction of sp³-hybridized carbons (Fsp3) is 0.417. The molecule has 0 fully saturated rings. The second-order valence-electron chi connectivity index (χ2n) is 4.60. The first-order chi connectivity index (χ1) is 7.32. The van der Waals surface area contributed by atoms with Crippen LogP contribution in [0.25, 0.3) is 0 Å². The van der Waals surface area contributed by atoms with Crippen LogP contribution in [0.3, 0.4) is 0 Å². The number of hydrogen-bond donors (Lipinski definition) is 0. The summed E-state index contributed by atoms with van der Waals surface area (Å²) < 4.78 is 23.1. The van der Waals surface area contributed by atoms with Gasteiger partial charge < -0.3 is 0 Å². The van der Waals surface area contributed by atoms with Gasteiger partial charge in [0.15, 0.2) is 0 Å². The maximum atomic E-state index is 12.8. The monoisotopic (exact) mass is 332 g/mol. The van der Waals surface area contributed by atoms with Gasteiger partial charge in [-0.3, -0.25) is 0 Å². The molecule has 0 amide bonds. The van der Waals surface area contributed by atoms with Gasteiger partial charge in [-0.25, -0.2) is 0 Å². The molecule has 18 heavy (non-hydrogen) atoms. The molecule has 0 atom stereocenters. The summed E-state index contributed by atoms with van der Waals surface area (Å²) in [4.78, 5) is 3.32. The zero-order valence-corrected chi connectivity index (χ0v) is 14.1. The van der Waals surface area contributed by atoms with Gasteiger partial charge in [-0.05, 0) is 0 Å². The van der Waals surface area contributed by atoms with E-state index in [1.54, 1.807) is 13.2 Å². The number of benzene rings is 1. The Hall–Kier alpha value is -0.0857. The summed E-state index contributed by atoms with van der Waals surface area (Å²) in [7, 11) is 1.59. The number of ether oxygens (including phenoxy) is 1. The predicted octanol–water partition coefficient (Wildman–Crippen LogP) is 4.06. The molecule has 0 saturated heterocycles. The average Bonchev–Trinajstić information content (AvgIpc) is 2.14. The van der Waals surface area contributed by atoms with Crippen LogP contribution in [0.15, 0.2) is 18.2 Å². The van der Waals surface area contributed by atoms with Crippen LogP contribution in [-0.2, 0) is 23.7 Å². The maximum absolute atomic E-state index is 12.8. The quantitative estimate of drug-likeness (QED) is 0.777. The van der Waals surface area contributed by atoms with Crippen LogP contribution in [0.5, 0.6) is 11.5 Å². The second kappa shape index (κ2) is 8.16. The zero-order chi connectivity index (χ0) is 12.3. The number of rotatable bonds is 3. The molecule has 0 heterocycles. The van der Waals surface area contributed by atoms with E-state index < -0.39 is 18.3 Å². The summed E-state index contributed by atoms with van der Waals surface area (Å²) in [6, 6.07) is 5.47. The average molecular weight is 333 g/mol. The van der Waals surface area contributed by atoms with E-state index in [0.29, 0.717) is 11.5 Å². The summed E-state index contributed by atoms with van der Waals surface area (Å²) in [6.07, 6.45) is 0. The second-order valence-corrected chi connectivity index (χ2v) is 6.03. The van der Waals surface area contributed by atoms with E-state index >= 15 is 0 Å². The third kappa shape index (κ3) is 6.19. The van der Waals surface area contributed by atoms with E-state index in [1.165, 1.54) is 0 Å². The molecule has 2 nitrogen and oxygen atoms in total. The number of halogens is 3. The van der Waals surface area contributed by atoms with Gasteiger partial charge in [0.1, 0.15) is 0 Å². The Balaban J connectivity index is 0. The zero-order valence-electron chi connectivity index (χ0n) is 11.0. The summed E-state index contributed by atoms with van der Waals surface area (Å²) >= 11 is -3.06. The van der Waals surface area contributed by atoms with Crippen molar-refractivity contribution in [2.45, 2.75) is 26.2 Å². The minimum absolute atomic E-state index is 0. The van der Waals surface area contributed by atoms with Crippen molar-refractivity contribution >= 4 is 29.6 Å². The molecule has 0 aliphatic heterocycles. The molecular formula is C12H19Cl2FO2Ti. The Labute approximate surface area is 127 Å². The Bertz CT molecular complexity index is 406. The summed E-state index contributed by atoms with van der Waals surface area (Å²) in [5.41, 5.74) is 1.03. The molecule has 0 bridgehead atoms. The van der Waals surface area contributed by atoms with Gasteiger partial charge in [0, 0.05) is 0 Å². The van der Waals surface area contributed by atoms with Crippen molar-refractivity contribution in [1.82, 2.24) is 0 Å². The molecule has 1 aromatic carbocycles. The van der Waals surface area contributed by atoms with Crippen molar-refractivity contribution in [3.63, 3.8) is 0 Å². The van der Waals surface area contributed by atoms with Crippen LogP contribution >= 0.6 is 24.8 Å². The van der Waals surface area contributed by atoms with Gasteiger partial charge >= 0.3 is 103 Å². The van der Waals surface area contributed by atoms with Crippen LogP contribution in [0.2, 0.25) is 0 Å². The van der Waals surface area contributed by atoms with Crippen molar-refractivity contribution in [2.24, 2.45) is 0 Å². The molecular weight excluding hydrogens is 314 g/mol. The first-order valence-corrected chi connectivity index (χ1v) is 7.38. The van der Waals surface area contributed by atoms with E-state index in [4.69, 9.17) is 8.06 Å². The van der Waals surface area contributed by atoms with Crippen molar-refractivity contribution in [3.05, 3.63) is 23.8 Å². The molecule has 0 unspecified atom stereocenters. The van der Waals surface area contributed by atoms with Crippen LogP contribution in [0, 0.1) is 0 Å². The van der Waals surface area contributed by atoms with Gasteiger partial charge in [-0.1, -0.05) is 0 Å². The van der Waals surface area contributed by atoms with E-state index in [0.717, 1.165) is 5.56 Å². The SMILES string of the molecule is Cl.Cl.[CH2]=[Ti]([F])[O]c1cc(OC)cc(C(C)(C)C)c1. The Morgan fingerprint density at radius 1 is 1.11 bits per heavy atom. The molecule has 1 rings (SSSR count). The number of hydrogen-bond acceptors (Lipinski definition) is 2. The first-order valence-electron chi connectivity index (χ1n) is 5.05. The van der Waals surface area contributed by atoms with Gasteiger partial charge in [-0.15, -0.1) is 24.8 Å². The fourth-order valence-corrected chi connectivity index (χ4v) is 1.89. The van der Waals surface area contributed by atoms with Crippen molar-refractivity contribution < 1.29 is 29.5 Å². The molecule has 1 aromatic rings. The van der Waals surface area contributed by atoms with Crippen LogP contribution in [0.4, 0.5) is 3.09 Å². The third-order valence-electron chi connectivity index (χ3n) is 2.21. The molecule has 0 saturated carbocycles. The summed E-state index contributed by atoms with van der Waals surface area (Å²) in [6.45, 7) is 6.26. The van der Waals surface area contributed by atoms with Crippen LogP contribution < -0.4 is 8.06 Å². The van der Waals surface area contributed by atoms with Crippen molar-refractivity contribution in [3.8, 4) is 11.5 Å². The van der Waals surface area contributed by atoms with Gasteiger partial charge in [0.05, 0.1) is 0 Å². The standard InChI is InChI=1S/C11H16O2.CH2.2ClH.FH.Ti/c1-11(2,3)8-5-9(12)7-10(6-8)13-4;;;;;/h5-7,12H,1-4H3;1H2;3*1H;/q;;;;;+2/p-2. The normalized spacial score (nSPS) is 9.83. The van der Waals surface area contributed by atoms with E-state index in [-0.39, 0.29) is 30.2 Å². The molecule has 0 aliphatic carbocycles. The number of methoxy groups -OCH3 is 1. The Kier molecular flexibility index (Phi) is 9.17. The van der Waals surface area contributed by atoms with E-state index in [2.05, 4.69) is 25.6 Å². The first kappa shape index (κ1) is 20.2. The Morgan fingerprint density at radius 3 is 2.00 bits per heavy atom. The van der Waals surface area contributed by atoms with Crippen LogP contribution in [0.1, 0.15) is 26.3 Å². The fourth-order valence-electron chi connectivity index (χ4n) is 1.31. The third-order valence-corrected chi connectivity index (χ3v) is 2.92. The van der Waals surface area contributed by atoms with Crippen molar-refractivity contribution in [2.75, 3.05) is 7.11 Å². The molecule has 6 heteroatoms. The molecule has 0 radical (unpaired) electrons. The molecule has 0 aliphatic rings.